The normalized spacial score (nSPS) is 16.4. The molecular weight excluding hydrogens is 200 g/mol. The Morgan fingerprint density at radius 3 is 1.93 bits per heavy atom. The van der Waals surface area contributed by atoms with Crippen LogP contribution in [0.15, 0.2) is 30.3 Å². The molecule has 0 saturated heterocycles. The van der Waals surface area contributed by atoms with Crippen LogP contribution in [0.5, 0.6) is 0 Å². The summed E-state index contributed by atoms with van der Waals surface area (Å²) in [6.45, 7) is 0. The number of hydrogen-bond acceptors (Lipinski definition) is 1. The summed E-state index contributed by atoms with van der Waals surface area (Å²) in [5.74, 6) is -2.47. The molecule has 1 N–H and O–H groups in total. The molecule has 0 aliphatic heterocycles. The fourth-order valence-electron chi connectivity index (χ4n) is 1.16. The van der Waals surface area contributed by atoms with Crippen molar-refractivity contribution in [3.8, 4) is 0 Å². The molecule has 2 atom stereocenters. The van der Waals surface area contributed by atoms with Crippen molar-refractivity contribution in [2.75, 3.05) is 0 Å². The van der Waals surface area contributed by atoms with Gasteiger partial charge in [-0.2, -0.15) is 13.2 Å². The molecule has 1 rings (SSSR count). The minimum Gasteiger partial charge on any atom is -0.363 e. The van der Waals surface area contributed by atoms with Gasteiger partial charge in [0.2, 0.25) is 6.36 Å². The first kappa shape index (κ1) is 11.0. The van der Waals surface area contributed by atoms with Crippen LogP contribution in [0.3, 0.4) is 0 Å². The summed E-state index contributed by atoms with van der Waals surface area (Å²) in [5, 5.41) is 8.41. The highest BCUT2D eigenvalue weighted by atomic mass is 19.4. The van der Waals surface area contributed by atoms with Gasteiger partial charge in [-0.3, -0.25) is 0 Å². The molecule has 1 aromatic rings. The van der Waals surface area contributed by atoms with E-state index in [4.69, 9.17) is 5.11 Å². The SMILES string of the molecule is OC(F)C(c1ccccc1)C(F)(F)F. The van der Waals surface area contributed by atoms with E-state index in [1.54, 1.807) is 0 Å². The average molecular weight is 208 g/mol. The van der Waals surface area contributed by atoms with E-state index < -0.39 is 18.5 Å². The molecule has 0 spiro atoms. The van der Waals surface area contributed by atoms with Crippen LogP contribution in [-0.4, -0.2) is 17.6 Å². The molecule has 0 aromatic heterocycles. The number of rotatable bonds is 2. The molecule has 14 heavy (non-hydrogen) atoms. The molecule has 5 heteroatoms. The van der Waals surface area contributed by atoms with E-state index in [0.29, 0.717) is 0 Å². The standard InChI is InChI=1S/C9H8F4O/c10-8(14)7(9(11,12)13)6-4-2-1-3-5-6/h1-5,7-8,14H. The van der Waals surface area contributed by atoms with Crippen LogP contribution >= 0.6 is 0 Å². The van der Waals surface area contributed by atoms with Crippen LogP contribution in [0.2, 0.25) is 0 Å². The molecule has 0 fully saturated rings. The van der Waals surface area contributed by atoms with Gasteiger partial charge in [-0.05, 0) is 5.56 Å². The Kier molecular flexibility index (Phi) is 3.10. The lowest BCUT2D eigenvalue weighted by Gasteiger charge is -2.20. The first-order valence-corrected chi connectivity index (χ1v) is 3.86. The zero-order valence-electron chi connectivity index (χ0n) is 7.00. The maximum absolute atomic E-state index is 12.4. The second kappa shape index (κ2) is 3.96. The number of aliphatic hydroxyl groups excluding tert-OH is 1. The molecular formula is C9H8F4O. The van der Waals surface area contributed by atoms with Crippen molar-refractivity contribution >= 4 is 0 Å². The molecule has 0 saturated carbocycles. The summed E-state index contributed by atoms with van der Waals surface area (Å²) in [6, 6.07) is 6.48. The molecule has 1 nitrogen and oxygen atoms in total. The molecule has 0 amide bonds. The predicted octanol–water partition coefficient (Wildman–Crippen LogP) is 2.62. The van der Waals surface area contributed by atoms with Gasteiger partial charge in [-0.1, -0.05) is 30.3 Å². The first-order chi connectivity index (χ1) is 6.43. The highest BCUT2D eigenvalue weighted by Crippen LogP contribution is 2.37. The zero-order chi connectivity index (χ0) is 10.8. The zero-order valence-corrected chi connectivity index (χ0v) is 7.00. The molecule has 78 valence electrons. The van der Waals surface area contributed by atoms with E-state index in [1.165, 1.54) is 18.2 Å². The lowest BCUT2D eigenvalue weighted by molar-refractivity contribution is -0.191. The van der Waals surface area contributed by atoms with Crippen LogP contribution in [0.1, 0.15) is 11.5 Å². The molecule has 0 aliphatic rings. The van der Waals surface area contributed by atoms with Gasteiger partial charge < -0.3 is 5.11 Å². The summed E-state index contributed by atoms with van der Waals surface area (Å²) < 4.78 is 49.2. The highest BCUT2D eigenvalue weighted by Gasteiger charge is 2.45. The van der Waals surface area contributed by atoms with Gasteiger partial charge in [0, 0.05) is 0 Å². The van der Waals surface area contributed by atoms with Crippen molar-refractivity contribution in [1.29, 1.82) is 0 Å². The summed E-state index contributed by atoms with van der Waals surface area (Å²) in [7, 11) is 0. The van der Waals surface area contributed by atoms with E-state index >= 15 is 0 Å². The van der Waals surface area contributed by atoms with Gasteiger partial charge in [0.25, 0.3) is 0 Å². The van der Waals surface area contributed by atoms with Gasteiger partial charge in [0.15, 0.2) is 0 Å². The summed E-state index contributed by atoms with van der Waals surface area (Å²) in [4.78, 5) is 0. The monoisotopic (exact) mass is 208 g/mol. The Balaban J connectivity index is 3.02. The Bertz CT molecular complexity index is 281. The molecule has 2 unspecified atom stereocenters. The summed E-state index contributed by atoms with van der Waals surface area (Å²) >= 11 is 0. The third kappa shape index (κ3) is 2.45. The van der Waals surface area contributed by atoms with Crippen molar-refractivity contribution in [2.24, 2.45) is 0 Å². The fourth-order valence-corrected chi connectivity index (χ4v) is 1.16. The Hall–Kier alpha value is -1.10. The minimum absolute atomic E-state index is 0.282. The number of aliphatic hydroxyl groups is 1. The minimum atomic E-state index is -4.78. The third-order valence-corrected chi connectivity index (χ3v) is 1.79. The van der Waals surface area contributed by atoms with Crippen molar-refractivity contribution in [3.05, 3.63) is 35.9 Å². The van der Waals surface area contributed by atoms with Crippen molar-refractivity contribution in [1.82, 2.24) is 0 Å². The smallest absolute Gasteiger partial charge is 0.363 e. The van der Waals surface area contributed by atoms with E-state index in [2.05, 4.69) is 0 Å². The summed E-state index contributed by atoms with van der Waals surface area (Å²) in [5.41, 5.74) is -0.282. The number of halogens is 4. The quantitative estimate of drug-likeness (QED) is 0.740. The second-order valence-electron chi connectivity index (χ2n) is 2.80. The van der Waals surface area contributed by atoms with Gasteiger partial charge >= 0.3 is 6.18 Å². The van der Waals surface area contributed by atoms with Crippen LogP contribution in [-0.2, 0) is 0 Å². The highest BCUT2D eigenvalue weighted by molar-refractivity contribution is 5.21. The van der Waals surface area contributed by atoms with Crippen LogP contribution in [0, 0.1) is 0 Å². The molecule has 0 heterocycles. The Labute approximate surface area is 78.0 Å². The Morgan fingerprint density at radius 1 is 1.07 bits per heavy atom. The Morgan fingerprint density at radius 2 is 1.57 bits per heavy atom. The van der Waals surface area contributed by atoms with Gasteiger partial charge in [-0.25, -0.2) is 4.39 Å². The number of benzene rings is 1. The van der Waals surface area contributed by atoms with Gasteiger partial charge in [-0.15, -0.1) is 0 Å². The average Bonchev–Trinajstić information content (AvgIpc) is 2.02. The van der Waals surface area contributed by atoms with Crippen molar-refractivity contribution in [2.45, 2.75) is 18.5 Å². The van der Waals surface area contributed by atoms with Gasteiger partial charge in [0.05, 0.1) is 0 Å². The van der Waals surface area contributed by atoms with E-state index in [9.17, 15) is 17.6 Å². The third-order valence-electron chi connectivity index (χ3n) is 1.79. The topological polar surface area (TPSA) is 20.2 Å². The molecule has 0 bridgehead atoms. The lowest BCUT2D eigenvalue weighted by Crippen LogP contribution is -2.29. The first-order valence-electron chi connectivity index (χ1n) is 3.86. The van der Waals surface area contributed by atoms with Gasteiger partial charge in [0.1, 0.15) is 5.92 Å². The van der Waals surface area contributed by atoms with E-state index in [0.717, 1.165) is 12.1 Å². The maximum atomic E-state index is 12.4. The van der Waals surface area contributed by atoms with Crippen molar-refractivity contribution < 1.29 is 22.7 Å². The fraction of sp³-hybridized carbons (Fsp3) is 0.333. The molecule has 0 aliphatic carbocycles. The van der Waals surface area contributed by atoms with Crippen molar-refractivity contribution in [3.63, 3.8) is 0 Å². The predicted molar refractivity (Wildman–Crippen MR) is 42.4 cm³/mol. The number of alkyl halides is 4. The van der Waals surface area contributed by atoms with E-state index in [1.807, 2.05) is 0 Å². The summed E-state index contributed by atoms with van der Waals surface area (Å²) in [6.07, 6.45) is -7.72. The van der Waals surface area contributed by atoms with Crippen LogP contribution < -0.4 is 0 Å². The molecule has 1 aromatic carbocycles. The molecule has 0 radical (unpaired) electrons. The second-order valence-corrected chi connectivity index (χ2v) is 2.80. The number of hydrogen-bond donors (Lipinski definition) is 1. The largest absolute Gasteiger partial charge is 0.400 e. The maximum Gasteiger partial charge on any atom is 0.400 e. The van der Waals surface area contributed by atoms with E-state index in [-0.39, 0.29) is 5.56 Å². The lowest BCUT2D eigenvalue weighted by atomic mass is 9.99. The van der Waals surface area contributed by atoms with Crippen LogP contribution in [0.4, 0.5) is 17.6 Å². The van der Waals surface area contributed by atoms with Crippen LogP contribution in [0.25, 0.3) is 0 Å².